The third-order valence-electron chi connectivity index (χ3n) is 3.76. The first-order chi connectivity index (χ1) is 8.31. The lowest BCUT2D eigenvalue weighted by molar-refractivity contribution is 0.526. The molecule has 1 heteroatoms. The Balaban J connectivity index is 1.99. The van der Waals surface area contributed by atoms with Crippen molar-refractivity contribution in [1.29, 1.82) is 0 Å². The molecule has 0 heterocycles. The van der Waals surface area contributed by atoms with Gasteiger partial charge in [0.1, 0.15) is 0 Å². The van der Waals surface area contributed by atoms with Crippen molar-refractivity contribution in [3.63, 3.8) is 0 Å². The predicted molar refractivity (Wildman–Crippen MR) is 74.5 cm³/mol. The molecule has 0 spiro atoms. The molecule has 0 aromatic heterocycles. The van der Waals surface area contributed by atoms with Gasteiger partial charge in [0.05, 0.1) is 0 Å². The van der Waals surface area contributed by atoms with E-state index in [2.05, 4.69) is 43.4 Å². The van der Waals surface area contributed by atoms with Gasteiger partial charge in [-0.25, -0.2) is 0 Å². The first-order valence-electron chi connectivity index (χ1n) is 7.10. The highest BCUT2D eigenvalue weighted by molar-refractivity contribution is 5.29. The fourth-order valence-electron chi connectivity index (χ4n) is 2.46. The largest absolute Gasteiger partial charge is 0.313 e. The zero-order valence-electron chi connectivity index (χ0n) is 11.2. The van der Waals surface area contributed by atoms with Gasteiger partial charge in [0, 0.05) is 12.6 Å². The topological polar surface area (TPSA) is 12.0 Å². The predicted octanol–water partition coefficient (Wildman–Crippen LogP) is 4.02. The molecule has 1 unspecified atom stereocenters. The van der Waals surface area contributed by atoms with Gasteiger partial charge in [0.2, 0.25) is 0 Å². The van der Waals surface area contributed by atoms with Crippen LogP contribution in [-0.2, 0) is 0 Å². The molecule has 1 fully saturated rings. The van der Waals surface area contributed by atoms with Gasteiger partial charge in [-0.1, -0.05) is 44.0 Å². The number of benzene rings is 1. The second kappa shape index (κ2) is 6.20. The van der Waals surface area contributed by atoms with Gasteiger partial charge >= 0.3 is 0 Å². The van der Waals surface area contributed by atoms with Crippen LogP contribution in [0.15, 0.2) is 24.3 Å². The Morgan fingerprint density at radius 1 is 1.29 bits per heavy atom. The Kier molecular flexibility index (Phi) is 4.61. The van der Waals surface area contributed by atoms with Crippen molar-refractivity contribution in [3.05, 3.63) is 35.4 Å². The molecule has 1 N–H and O–H groups in total. The molecule has 1 nitrogen and oxygen atoms in total. The van der Waals surface area contributed by atoms with Crippen LogP contribution >= 0.6 is 0 Å². The summed E-state index contributed by atoms with van der Waals surface area (Å²) in [6.07, 6.45) is 6.72. The van der Waals surface area contributed by atoms with E-state index in [4.69, 9.17) is 0 Å². The highest BCUT2D eigenvalue weighted by Gasteiger charge is 2.22. The minimum atomic E-state index is 0.705. The highest BCUT2D eigenvalue weighted by atomic mass is 14.9. The molecule has 1 aromatic rings. The number of unbranched alkanes of at least 4 members (excludes halogenated alkanes) is 1. The number of hydrogen-bond donors (Lipinski definition) is 1. The van der Waals surface area contributed by atoms with Crippen LogP contribution in [0.3, 0.4) is 0 Å². The molecular formula is C16H25N. The fourth-order valence-corrected chi connectivity index (χ4v) is 2.46. The van der Waals surface area contributed by atoms with Crippen LogP contribution in [0.4, 0.5) is 0 Å². The molecule has 0 amide bonds. The average Bonchev–Trinajstić information content (AvgIpc) is 3.15. The molecule has 17 heavy (non-hydrogen) atoms. The summed E-state index contributed by atoms with van der Waals surface area (Å²) in [6.45, 7) is 5.68. The summed E-state index contributed by atoms with van der Waals surface area (Å²) in [5.74, 6) is 0.705. The van der Waals surface area contributed by atoms with E-state index in [1.54, 1.807) is 5.56 Å². The average molecular weight is 231 g/mol. The van der Waals surface area contributed by atoms with Gasteiger partial charge in [0.15, 0.2) is 0 Å². The minimum absolute atomic E-state index is 0.705. The molecule has 0 saturated heterocycles. The van der Waals surface area contributed by atoms with Crippen LogP contribution in [0.25, 0.3) is 0 Å². The summed E-state index contributed by atoms with van der Waals surface area (Å²) in [6, 6.07) is 9.70. The summed E-state index contributed by atoms with van der Waals surface area (Å²) < 4.78 is 0. The van der Waals surface area contributed by atoms with Crippen LogP contribution in [0.5, 0.6) is 0 Å². The number of nitrogens with one attached hydrogen (secondary N) is 1. The quantitative estimate of drug-likeness (QED) is 0.747. The van der Waals surface area contributed by atoms with E-state index in [0.29, 0.717) is 5.92 Å². The summed E-state index contributed by atoms with van der Waals surface area (Å²) >= 11 is 0. The molecule has 1 atom stereocenters. The highest BCUT2D eigenvalue weighted by Crippen LogP contribution is 2.26. The van der Waals surface area contributed by atoms with Crippen LogP contribution in [0.2, 0.25) is 0 Å². The zero-order valence-corrected chi connectivity index (χ0v) is 11.2. The Morgan fingerprint density at radius 2 is 2.06 bits per heavy atom. The molecule has 1 aliphatic carbocycles. The SMILES string of the molecule is CCCCC(CNC1CC1)c1ccccc1C. The van der Waals surface area contributed by atoms with Crippen molar-refractivity contribution >= 4 is 0 Å². The molecule has 1 aliphatic rings. The Morgan fingerprint density at radius 3 is 2.71 bits per heavy atom. The summed E-state index contributed by atoms with van der Waals surface area (Å²) in [7, 11) is 0. The van der Waals surface area contributed by atoms with Crippen molar-refractivity contribution in [2.24, 2.45) is 0 Å². The van der Waals surface area contributed by atoms with Gasteiger partial charge in [-0.15, -0.1) is 0 Å². The van der Waals surface area contributed by atoms with E-state index in [0.717, 1.165) is 12.6 Å². The maximum atomic E-state index is 3.69. The van der Waals surface area contributed by atoms with E-state index >= 15 is 0 Å². The van der Waals surface area contributed by atoms with Gasteiger partial charge in [-0.3, -0.25) is 0 Å². The van der Waals surface area contributed by atoms with Crippen LogP contribution in [0, 0.1) is 6.92 Å². The van der Waals surface area contributed by atoms with Gasteiger partial charge in [0.25, 0.3) is 0 Å². The molecule has 1 aromatic carbocycles. The van der Waals surface area contributed by atoms with Crippen molar-refractivity contribution in [3.8, 4) is 0 Å². The Labute approximate surface area is 106 Å². The number of rotatable bonds is 7. The monoisotopic (exact) mass is 231 g/mol. The van der Waals surface area contributed by atoms with Gasteiger partial charge < -0.3 is 5.32 Å². The van der Waals surface area contributed by atoms with Gasteiger partial charge in [-0.05, 0) is 43.2 Å². The third-order valence-corrected chi connectivity index (χ3v) is 3.76. The molecule has 94 valence electrons. The van der Waals surface area contributed by atoms with E-state index in [-0.39, 0.29) is 0 Å². The summed E-state index contributed by atoms with van der Waals surface area (Å²) in [5, 5.41) is 3.69. The maximum Gasteiger partial charge on any atom is 0.00684 e. The lowest BCUT2D eigenvalue weighted by Gasteiger charge is -2.20. The molecule has 0 bridgehead atoms. The van der Waals surface area contributed by atoms with Crippen LogP contribution in [0.1, 0.15) is 56.1 Å². The molecule has 0 aliphatic heterocycles. The van der Waals surface area contributed by atoms with E-state index in [1.165, 1.54) is 37.7 Å². The maximum absolute atomic E-state index is 3.69. The number of aryl methyl sites for hydroxylation is 1. The van der Waals surface area contributed by atoms with Crippen LogP contribution < -0.4 is 5.32 Å². The minimum Gasteiger partial charge on any atom is -0.313 e. The van der Waals surface area contributed by atoms with Crippen molar-refractivity contribution < 1.29 is 0 Å². The lowest BCUT2D eigenvalue weighted by Crippen LogP contribution is -2.24. The summed E-state index contributed by atoms with van der Waals surface area (Å²) in [4.78, 5) is 0. The standard InChI is InChI=1S/C16H25N/c1-3-4-8-14(12-17-15-10-11-15)16-9-6-5-7-13(16)2/h5-7,9,14-15,17H,3-4,8,10-12H2,1-2H3. The van der Waals surface area contributed by atoms with E-state index in [1.807, 2.05) is 0 Å². The normalized spacial score (nSPS) is 17.1. The van der Waals surface area contributed by atoms with Crippen molar-refractivity contribution in [2.45, 2.75) is 57.9 Å². The number of hydrogen-bond acceptors (Lipinski definition) is 1. The zero-order chi connectivity index (χ0) is 12.1. The smallest absolute Gasteiger partial charge is 0.00684 e. The molecule has 2 rings (SSSR count). The Bertz CT molecular complexity index is 341. The third kappa shape index (κ3) is 3.85. The first-order valence-corrected chi connectivity index (χ1v) is 7.10. The lowest BCUT2D eigenvalue weighted by atomic mass is 9.90. The fraction of sp³-hybridized carbons (Fsp3) is 0.625. The van der Waals surface area contributed by atoms with Crippen molar-refractivity contribution in [2.75, 3.05) is 6.54 Å². The molecule has 0 radical (unpaired) electrons. The second-order valence-corrected chi connectivity index (χ2v) is 5.38. The Hall–Kier alpha value is -0.820. The van der Waals surface area contributed by atoms with E-state index < -0.39 is 0 Å². The molecule has 1 saturated carbocycles. The summed E-state index contributed by atoms with van der Waals surface area (Å²) in [5.41, 5.74) is 3.00. The first kappa shape index (κ1) is 12.6. The van der Waals surface area contributed by atoms with Crippen molar-refractivity contribution in [1.82, 2.24) is 5.32 Å². The molecular weight excluding hydrogens is 206 g/mol. The second-order valence-electron chi connectivity index (χ2n) is 5.38. The van der Waals surface area contributed by atoms with E-state index in [9.17, 15) is 0 Å². The van der Waals surface area contributed by atoms with Gasteiger partial charge in [-0.2, -0.15) is 0 Å². The van der Waals surface area contributed by atoms with Crippen LogP contribution in [-0.4, -0.2) is 12.6 Å².